The zero-order valence-electron chi connectivity index (χ0n) is 21.4. The monoisotopic (exact) mass is 493 g/mol. The molecule has 1 fully saturated rings. The van der Waals surface area contributed by atoms with Crippen LogP contribution >= 0.6 is 0 Å². The normalized spacial score (nSPS) is 15.9. The number of carbonyl (C=O) groups excluding carboxylic acids is 3. The van der Waals surface area contributed by atoms with Gasteiger partial charge in [0.05, 0.1) is 32.0 Å². The Morgan fingerprint density at radius 1 is 1.03 bits per heavy atom. The fourth-order valence-corrected chi connectivity index (χ4v) is 3.30. The van der Waals surface area contributed by atoms with E-state index in [2.05, 4.69) is 17.6 Å². The minimum atomic E-state index is -0.633. The molecule has 10 nitrogen and oxygen atoms in total. The number of likely N-dealkylation sites (tertiary alicyclic amines) is 1. The first kappa shape index (κ1) is 28.4. The van der Waals surface area contributed by atoms with Gasteiger partial charge in [-0.15, -0.1) is 0 Å². The third kappa shape index (κ3) is 10.5. The first-order valence-electron chi connectivity index (χ1n) is 12.2. The summed E-state index contributed by atoms with van der Waals surface area (Å²) in [5.41, 5.74) is 1.76. The van der Waals surface area contributed by atoms with Gasteiger partial charge in [-0.2, -0.15) is 0 Å². The second kappa shape index (κ2) is 14.5. The Balaban J connectivity index is 1.74. The maximum atomic E-state index is 12.3. The lowest BCUT2D eigenvalue weighted by Gasteiger charge is -2.20. The number of rotatable bonds is 13. The van der Waals surface area contributed by atoms with Crippen LogP contribution in [0.15, 0.2) is 18.2 Å². The molecule has 2 N–H and O–H groups in total. The highest BCUT2D eigenvalue weighted by molar-refractivity contribution is 5.89. The van der Waals surface area contributed by atoms with Gasteiger partial charge in [-0.1, -0.05) is 13.0 Å². The van der Waals surface area contributed by atoms with Crippen molar-refractivity contribution in [3.63, 3.8) is 0 Å². The lowest BCUT2D eigenvalue weighted by molar-refractivity contribution is -0.128. The van der Waals surface area contributed by atoms with Crippen molar-refractivity contribution in [3.05, 3.63) is 23.8 Å². The molecule has 3 atom stereocenters. The fraction of sp³-hybridized carbons (Fsp3) is 0.640. The minimum absolute atomic E-state index is 0.0844. The molecule has 196 valence electrons. The highest BCUT2D eigenvalue weighted by Gasteiger charge is 2.20. The molecule has 3 amide bonds. The van der Waals surface area contributed by atoms with E-state index in [0.29, 0.717) is 37.5 Å². The van der Waals surface area contributed by atoms with Crippen molar-refractivity contribution in [1.29, 1.82) is 0 Å². The minimum Gasteiger partial charge on any atom is -0.447 e. The second-order valence-corrected chi connectivity index (χ2v) is 8.81. The maximum absolute atomic E-state index is 12.3. The SMILES string of the molecule is CCC(C)OCC(C)OCC(C)OC(=O)Nc1cc(NC(=O)OCCN2CCCC2=O)ccc1C. The molecular weight excluding hydrogens is 454 g/mol. The summed E-state index contributed by atoms with van der Waals surface area (Å²) in [6.07, 6.45) is 0.672. The van der Waals surface area contributed by atoms with Crippen molar-refractivity contribution < 1.29 is 33.3 Å². The Bertz CT molecular complexity index is 848. The molecule has 1 saturated heterocycles. The molecule has 2 rings (SSSR count). The number of ether oxygens (including phenoxy) is 4. The molecule has 0 aliphatic carbocycles. The highest BCUT2D eigenvalue weighted by atomic mass is 16.6. The predicted molar refractivity (Wildman–Crippen MR) is 133 cm³/mol. The molecule has 1 aromatic carbocycles. The standard InChI is InChI=1S/C25H39N3O7/c1-6-18(3)33-15-19(4)34-16-20(5)35-25(31)27-22-14-21(10-9-17(22)2)26-24(30)32-13-12-28-11-7-8-23(28)29/h9-10,14,18-20H,6-8,11-13,15-16H2,1-5H3,(H,26,30)(H,27,31). The van der Waals surface area contributed by atoms with Crippen LogP contribution in [0.2, 0.25) is 0 Å². The van der Waals surface area contributed by atoms with Gasteiger partial charge in [0, 0.05) is 24.3 Å². The van der Waals surface area contributed by atoms with E-state index < -0.39 is 18.3 Å². The van der Waals surface area contributed by atoms with E-state index in [9.17, 15) is 14.4 Å². The highest BCUT2D eigenvalue weighted by Crippen LogP contribution is 2.21. The summed E-state index contributed by atoms with van der Waals surface area (Å²) < 4.78 is 21.9. The summed E-state index contributed by atoms with van der Waals surface area (Å²) in [7, 11) is 0. The zero-order chi connectivity index (χ0) is 25.8. The largest absolute Gasteiger partial charge is 0.447 e. The summed E-state index contributed by atoms with van der Waals surface area (Å²) in [5.74, 6) is 0.0844. The molecular formula is C25H39N3O7. The summed E-state index contributed by atoms with van der Waals surface area (Å²) in [4.78, 5) is 37.7. The first-order valence-corrected chi connectivity index (χ1v) is 12.2. The van der Waals surface area contributed by atoms with Crippen LogP contribution in [-0.4, -0.2) is 74.2 Å². The van der Waals surface area contributed by atoms with E-state index in [1.807, 2.05) is 20.8 Å². The van der Waals surface area contributed by atoms with Gasteiger partial charge in [0.2, 0.25) is 5.91 Å². The molecule has 0 spiro atoms. The summed E-state index contributed by atoms with van der Waals surface area (Å²) in [6.45, 7) is 11.5. The quantitative estimate of drug-likeness (QED) is 0.420. The molecule has 1 heterocycles. The topological polar surface area (TPSA) is 115 Å². The number of carbonyl (C=O) groups is 3. The van der Waals surface area contributed by atoms with Crippen LogP contribution in [0.5, 0.6) is 0 Å². The zero-order valence-corrected chi connectivity index (χ0v) is 21.4. The Kier molecular flexibility index (Phi) is 11.8. The van der Waals surface area contributed by atoms with Crippen molar-refractivity contribution in [3.8, 4) is 0 Å². The Morgan fingerprint density at radius 2 is 1.74 bits per heavy atom. The lowest BCUT2D eigenvalue weighted by atomic mass is 10.2. The molecule has 35 heavy (non-hydrogen) atoms. The van der Waals surface area contributed by atoms with Crippen molar-refractivity contribution in [2.45, 2.75) is 72.2 Å². The van der Waals surface area contributed by atoms with Gasteiger partial charge >= 0.3 is 12.2 Å². The van der Waals surface area contributed by atoms with Crippen LogP contribution in [0.3, 0.4) is 0 Å². The third-order valence-electron chi connectivity index (χ3n) is 5.60. The first-order chi connectivity index (χ1) is 16.7. The number of benzene rings is 1. The van der Waals surface area contributed by atoms with Gasteiger partial charge in [-0.3, -0.25) is 15.4 Å². The number of anilines is 2. The van der Waals surface area contributed by atoms with Crippen LogP contribution in [0.25, 0.3) is 0 Å². The average molecular weight is 494 g/mol. The van der Waals surface area contributed by atoms with Crippen molar-refractivity contribution >= 4 is 29.5 Å². The van der Waals surface area contributed by atoms with Crippen LogP contribution in [0, 0.1) is 6.92 Å². The Hall–Kier alpha value is -2.85. The van der Waals surface area contributed by atoms with Crippen molar-refractivity contribution in [2.24, 2.45) is 0 Å². The number of hydrogen-bond donors (Lipinski definition) is 2. The third-order valence-corrected chi connectivity index (χ3v) is 5.60. The molecule has 0 saturated carbocycles. The molecule has 0 radical (unpaired) electrons. The molecule has 0 bridgehead atoms. The number of amides is 3. The predicted octanol–water partition coefficient (Wildman–Crippen LogP) is 4.32. The van der Waals surface area contributed by atoms with Gasteiger partial charge in [0.15, 0.2) is 0 Å². The van der Waals surface area contributed by atoms with Crippen LogP contribution in [0.1, 0.15) is 52.5 Å². The fourth-order valence-electron chi connectivity index (χ4n) is 3.30. The van der Waals surface area contributed by atoms with Crippen molar-refractivity contribution in [2.75, 3.05) is 43.5 Å². The van der Waals surface area contributed by atoms with E-state index in [1.165, 1.54) is 0 Å². The smallest absolute Gasteiger partial charge is 0.411 e. The van der Waals surface area contributed by atoms with E-state index in [-0.39, 0.29) is 31.3 Å². The molecule has 0 aromatic heterocycles. The number of nitrogens with one attached hydrogen (secondary N) is 2. The summed E-state index contributed by atoms with van der Waals surface area (Å²) >= 11 is 0. The van der Waals surface area contributed by atoms with Gasteiger partial charge in [0.1, 0.15) is 12.7 Å². The lowest BCUT2D eigenvalue weighted by Crippen LogP contribution is -2.30. The molecule has 1 aliphatic heterocycles. The second-order valence-electron chi connectivity index (χ2n) is 8.81. The van der Waals surface area contributed by atoms with Crippen LogP contribution in [-0.2, 0) is 23.7 Å². The number of aryl methyl sites for hydroxylation is 1. The average Bonchev–Trinajstić information content (AvgIpc) is 3.22. The molecule has 1 aromatic rings. The van der Waals surface area contributed by atoms with Gasteiger partial charge < -0.3 is 23.8 Å². The van der Waals surface area contributed by atoms with Gasteiger partial charge in [-0.05, 0) is 58.2 Å². The molecule has 10 heteroatoms. The molecule has 3 unspecified atom stereocenters. The van der Waals surface area contributed by atoms with Crippen LogP contribution in [0.4, 0.5) is 21.0 Å². The van der Waals surface area contributed by atoms with E-state index in [1.54, 1.807) is 30.0 Å². The summed E-state index contributed by atoms with van der Waals surface area (Å²) in [5, 5.41) is 5.33. The molecule has 1 aliphatic rings. The Morgan fingerprint density at radius 3 is 2.43 bits per heavy atom. The van der Waals surface area contributed by atoms with E-state index >= 15 is 0 Å². The van der Waals surface area contributed by atoms with E-state index in [4.69, 9.17) is 18.9 Å². The van der Waals surface area contributed by atoms with Gasteiger partial charge in [0.25, 0.3) is 0 Å². The van der Waals surface area contributed by atoms with E-state index in [0.717, 1.165) is 18.4 Å². The maximum Gasteiger partial charge on any atom is 0.411 e. The summed E-state index contributed by atoms with van der Waals surface area (Å²) in [6, 6.07) is 5.09. The van der Waals surface area contributed by atoms with Crippen molar-refractivity contribution in [1.82, 2.24) is 4.90 Å². The van der Waals surface area contributed by atoms with Gasteiger partial charge in [-0.25, -0.2) is 9.59 Å². The number of hydrogen-bond acceptors (Lipinski definition) is 7. The Labute approximate surface area is 207 Å². The number of nitrogens with zero attached hydrogens (tertiary/aromatic N) is 1. The van der Waals surface area contributed by atoms with Crippen LogP contribution < -0.4 is 10.6 Å².